The summed E-state index contributed by atoms with van der Waals surface area (Å²) in [6, 6.07) is 0. The molecule has 0 atom stereocenters. The van der Waals surface area contributed by atoms with Crippen molar-refractivity contribution in [3.63, 3.8) is 0 Å². The highest BCUT2D eigenvalue weighted by Crippen LogP contribution is 2.13. The second-order valence-electron chi connectivity index (χ2n) is 6.78. The molecule has 0 rings (SSSR count). The van der Waals surface area contributed by atoms with Crippen molar-refractivity contribution in [3.05, 3.63) is 12.0 Å². The van der Waals surface area contributed by atoms with Gasteiger partial charge in [0.15, 0.2) is 0 Å². The first-order chi connectivity index (χ1) is 11.6. The summed E-state index contributed by atoms with van der Waals surface area (Å²) in [6.45, 7) is 5.77. The van der Waals surface area contributed by atoms with E-state index >= 15 is 0 Å². The summed E-state index contributed by atoms with van der Waals surface area (Å²) in [4.78, 5) is 0. The molecule has 144 valence electrons. The number of hydrogen-bond donors (Lipinski definition) is 0. The summed E-state index contributed by atoms with van der Waals surface area (Å²) < 4.78 is 26.8. The summed E-state index contributed by atoms with van der Waals surface area (Å²) in [5.41, 5.74) is 0. The van der Waals surface area contributed by atoms with Gasteiger partial charge in [0.05, 0.1) is 12.0 Å². The van der Waals surface area contributed by atoms with Crippen LogP contribution >= 0.6 is 0 Å². The normalized spacial score (nSPS) is 11.7. The number of unbranched alkanes of at least 4 members (excludes halogenated alkanes) is 15. The molecule has 0 aromatic heterocycles. The van der Waals surface area contributed by atoms with E-state index in [4.69, 9.17) is 4.18 Å². The molecule has 0 fully saturated rings. The highest BCUT2D eigenvalue weighted by molar-refractivity contribution is 7.89. The lowest BCUT2D eigenvalue weighted by Gasteiger charge is -2.04. The van der Waals surface area contributed by atoms with Gasteiger partial charge in [0.2, 0.25) is 0 Å². The van der Waals surface area contributed by atoms with Gasteiger partial charge < -0.3 is 0 Å². The van der Waals surface area contributed by atoms with Crippen molar-refractivity contribution in [1.29, 1.82) is 0 Å². The molecule has 0 bridgehead atoms. The van der Waals surface area contributed by atoms with Crippen LogP contribution in [0.1, 0.15) is 110 Å². The summed E-state index contributed by atoms with van der Waals surface area (Å²) >= 11 is 0. The summed E-state index contributed by atoms with van der Waals surface area (Å²) in [5.74, 6) is 0. The lowest BCUT2D eigenvalue weighted by Crippen LogP contribution is -2.02. The predicted molar refractivity (Wildman–Crippen MR) is 105 cm³/mol. The van der Waals surface area contributed by atoms with E-state index in [9.17, 15) is 8.42 Å². The smallest absolute Gasteiger partial charge is 0.267 e. The van der Waals surface area contributed by atoms with E-state index in [0.717, 1.165) is 18.2 Å². The molecule has 0 amide bonds. The van der Waals surface area contributed by atoms with Gasteiger partial charge in [-0.2, -0.15) is 8.42 Å². The predicted octanol–water partition coefficient (Wildman–Crippen LogP) is 6.74. The average Bonchev–Trinajstić information content (AvgIpc) is 2.57. The van der Waals surface area contributed by atoms with E-state index in [1.54, 1.807) is 0 Å². The Balaban J connectivity index is 3.09. The van der Waals surface area contributed by atoms with Crippen LogP contribution < -0.4 is 0 Å². The fraction of sp³-hybridized carbons (Fsp3) is 0.900. The number of hydrogen-bond acceptors (Lipinski definition) is 3. The molecule has 0 aromatic carbocycles. The minimum atomic E-state index is -3.48. The second-order valence-corrected chi connectivity index (χ2v) is 8.34. The van der Waals surface area contributed by atoms with Gasteiger partial charge in [0.25, 0.3) is 10.1 Å². The van der Waals surface area contributed by atoms with Crippen LogP contribution in [0.3, 0.4) is 0 Å². The molecule has 0 aliphatic carbocycles. The monoisotopic (exact) mass is 360 g/mol. The zero-order valence-electron chi connectivity index (χ0n) is 15.9. The highest BCUT2D eigenvalue weighted by atomic mass is 32.2. The van der Waals surface area contributed by atoms with E-state index in [1.165, 1.54) is 89.9 Å². The topological polar surface area (TPSA) is 43.4 Å². The third-order valence-corrected chi connectivity index (χ3v) is 5.35. The first-order valence-corrected chi connectivity index (χ1v) is 11.6. The molecule has 0 aliphatic heterocycles. The van der Waals surface area contributed by atoms with Gasteiger partial charge in [-0.3, -0.25) is 4.18 Å². The Morgan fingerprint density at radius 1 is 0.667 bits per heavy atom. The van der Waals surface area contributed by atoms with Gasteiger partial charge in [-0.15, -0.1) is 0 Å². The average molecular weight is 361 g/mol. The maximum atomic E-state index is 11.0. The van der Waals surface area contributed by atoms with Crippen molar-refractivity contribution in [2.24, 2.45) is 0 Å². The molecule has 0 saturated heterocycles. The van der Waals surface area contributed by atoms with Crippen LogP contribution in [0.25, 0.3) is 0 Å². The molecular formula is C20H40O3S. The van der Waals surface area contributed by atoms with Gasteiger partial charge in [-0.05, 0) is 6.42 Å². The maximum absolute atomic E-state index is 11.0. The van der Waals surface area contributed by atoms with E-state index < -0.39 is 10.1 Å². The molecule has 0 aromatic rings. The van der Waals surface area contributed by atoms with Crippen molar-refractivity contribution in [3.8, 4) is 0 Å². The lowest BCUT2D eigenvalue weighted by molar-refractivity contribution is 0.311. The Labute approximate surface area is 151 Å². The van der Waals surface area contributed by atoms with Crippen LogP contribution in [0.15, 0.2) is 12.0 Å². The fourth-order valence-electron chi connectivity index (χ4n) is 2.87. The van der Waals surface area contributed by atoms with Crippen LogP contribution in [0, 0.1) is 0 Å². The van der Waals surface area contributed by atoms with Gasteiger partial charge >= 0.3 is 0 Å². The van der Waals surface area contributed by atoms with Crippen molar-refractivity contribution in [2.45, 2.75) is 110 Å². The first-order valence-electron chi connectivity index (χ1n) is 10.1. The maximum Gasteiger partial charge on any atom is 0.289 e. The van der Waals surface area contributed by atoms with Crippen molar-refractivity contribution < 1.29 is 12.6 Å². The molecule has 0 heterocycles. The van der Waals surface area contributed by atoms with Crippen LogP contribution in [0.2, 0.25) is 0 Å². The molecule has 4 heteroatoms. The van der Waals surface area contributed by atoms with Gasteiger partial charge in [-0.25, -0.2) is 0 Å². The minimum Gasteiger partial charge on any atom is -0.267 e. The van der Waals surface area contributed by atoms with Crippen molar-refractivity contribution >= 4 is 10.1 Å². The SMILES string of the molecule is C=CS(=O)(=O)OCCCCCCCCCCCCCCCCCC. The van der Waals surface area contributed by atoms with Crippen LogP contribution in [-0.2, 0) is 14.3 Å². The summed E-state index contributed by atoms with van der Waals surface area (Å²) in [7, 11) is -3.48. The Bertz CT molecular complexity index is 363. The Morgan fingerprint density at radius 3 is 1.33 bits per heavy atom. The number of rotatable bonds is 19. The summed E-state index contributed by atoms with van der Waals surface area (Å²) in [5, 5.41) is 0.861. The molecule has 0 unspecified atom stereocenters. The van der Waals surface area contributed by atoms with E-state index in [2.05, 4.69) is 13.5 Å². The third kappa shape index (κ3) is 18.0. The molecule has 0 radical (unpaired) electrons. The van der Waals surface area contributed by atoms with Crippen molar-refractivity contribution in [1.82, 2.24) is 0 Å². The standard InChI is InChI=1S/C20H40O3S/c1-3-5-6-7-8-9-10-11-12-13-14-15-16-17-18-19-20-23-24(21,22)4-2/h4H,2-3,5-20H2,1H3. The second kappa shape index (κ2) is 17.5. The molecule has 0 spiro atoms. The van der Waals surface area contributed by atoms with Crippen LogP contribution in [0.4, 0.5) is 0 Å². The first kappa shape index (κ1) is 23.6. The third-order valence-electron chi connectivity index (χ3n) is 4.45. The van der Waals surface area contributed by atoms with Crippen LogP contribution in [0.5, 0.6) is 0 Å². The molecule has 24 heavy (non-hydrogen) atoms. The zero-order valence-corrected chi connectivity index (χ0v) is 16.8. The Morgan fingerprint density at radius 2 is 1.00 bits per heavy atom. The Hall–Kier alpha value is -0.350. The van der Waals surface area contributed by atoms with E-state index in [1.807, 2.05) is 0 Å². The fourth-order valence-corrected chi connectivity index (χ4v) is 3.32. The summed E-state index contributed by atoms with van der Waals surface area (Å²) in [6.07, 6.45) is 21.0. The molecule has 0 aliphatic rings. The largest absolute Gasteiger partial charge is 0.289 e. The molecule has 0 saturated carbocycles. The Kier molecular flexibility index (Phi) is 17.2. The quantitative estimate of drug-likeness (QED) is 0.189. The molecule has 0 N–H and O–H groups in total. The lowest BCUT2D eigenvalue weighted by atomic mass is 10.0. The molecular weight excluding hydrogens is 320 g/mol. The zero-order chi connectivity index (χ0) is 17.9. The molecule has 3 nitrogen and oxygen atoms in total. The highest BCUT2D eigenvalue weighted by Gasteiger charge is 2.03. The van der Waals surface area contributed by atoms with Crippen molar-refractivity contribution in [2.75, 3.05) is 6.61 Å². The van der Waals surface area contributed by atoms with E-state index in [-0.39, 0.29) is 6.61 Å². The minimum absolute atomic E-state index is 0.285. The van der Waals surface area contributed by atoms with E-state index in [0.29, 0.717) is 0 Å². The van der Waals surface area contributed by atoms with Gasteiger partial charge in [-0.1, -0.05) is 110 Å². The van der Waals surface area contributed by atoms with Gasteiger partial charge in [0, 0.05) is 0 Å². The van der Waals surface area contributed by atoms with Crippen LogP contribution in [-0.4, -0.2) is 15.0 Å². The van der Waals surface area contributed by atoms with Gasteiger partial charge in [0.1, 0.15) is 0 Å².